The zero-order valence-electron chi connectivity index (χ0n) is 13.5. The summed E-state index contributed by atoms with van der Waals surface area (Å²) in [6.07, 6.45) is 0. The molecule has 0 bridgehead atoms. The number of anilines is 1. The molecule has 0 aliphatic heterocycles. The molecule has 0 aliphatic carbocycles. The highest BCUT2D eigenvalue weighted by atomic mass is 16.4. The number of carbonyl (C=O) groups is 2. The van der Waals surface area contributed by atoms with Crippen molar-refractivity contribution in [2.24, 2.45) is 0 Å². The number of benzene rings is 3. The first-order chi connectivity index (χ1) is 12.2. The summed E-state index contributed by atoms with van der Waals surface area (Å²) in [5.74, 6) is -2.42. The number of hydrogen-bond acceptors (Lipinski definition) is 2. The molecule has 3 aromatic rings. The SMILES string of the molecule is O=C(O)C(=O)N(Cc1ccccc1)c1ccccc1-c1ccccc1. The van der Waals surface area contributed by atoms with Gasteiger partial charge in [-0.2, -0.15) is 0 Å². The van der Waals surface area contributed by atoms with E-state index in [2.05, 4.69) is 0 Å². The number of rotatable bonds is 4. The molecule has 124 valence electrons. The molecule has 0 heterocycles. The van der Waals surface area contributed by atoms with Gasteiger partial charge >= 0.3 is 11.9 Å². The molecule has 25 heavy (non-hydrogen) atoms. The van der Waals surface area contributed by atoms with Crippen LogP contribution in [0.4, 0.5) is 5.69 Å². The van der Waals surface area contributed by atoms with Gasteiger partial charge in [-0.05, 0) is 17.2 Å². The van der Waals surface area contributed by atoms with Gasteiger partial charge in [0, 0.05) is 5.56 Å². The lowest BCUT2D eigenvalue weighted by Crippen LogP contribution is -2.36. The summed E-state index contributed by atoms with van der Waals surface area (Å²) in [6, 6.07) is 26.3. The molecule has 0 aromatic heterocycles. The van der Waals surface area contributed by atoms with E-state index in [1.165, 1.54) is 4.90 Å². The molecule has 0 fully saturated rings. The van der Waals surface area contributed by atoms with Gasteiger partial charge in [0.25, 0.3) is 0 Å². The van der Waals surface area contributed by atoms with E-state index in [4.69, 9.17) is 0 Å². The van der Waals surface area contributed by atoms with E-state index in [1.807, 2.05) is 72.8 Å². The minimum absolute atomic E-state index is 0.190. The fourth-order valence-electron chi connectivity index (χ4n) is 2.72. The van der Waals surface area contributed by atoms with Crippen molar-refractivity contribution in [3.05, 3.63) is 90.5 Å². The van der Waals surface area contributed by atoms with E-state index in [9.17, 15) is 14.7 Å². The Morgan fingerprint density at radius 2 is 1.32 bits per heavy atom. The molecule has 3 aromatic carbocycles. The Kier molecular flexibility index (Phi) is 4.90. The minimum atomic E-state index is -1.47. The average Bonchev–Trinajstić information content (AvgIpc) is 2.67. The first-order valence-corrected chi connectivity index (χ1v) is 7.90. The lowest BCUT2D eigenvalue weighted by molar-refractivity contribution is -0.148. The molecule has 4 heteroatoms. The first-order valence-electron chi connectivity index (χ1n) is 7.90. The average molecular weight is 331 g/mol. The molecule has 4 nitrogen and oxygen atoms in total. The van der Waals surface area contributed by atoms with Crippen LogP contribution < -0.4 is 4.90 Å². The van der Waals surface area contributed by atoms with Crippen LogP contribution in [0.15, 0.2) is 84.9 Å². The molecule has 0 atom stereocenters. The lowest BCUT2D eigenvalue weighted by atomic mass is 10.0. The zero-order valence-corrected chi connectivity index (χ0v) is 13.5. The summed E-state index contributed by atoms with van der Waals surface area (Å²) in [6.45, 7) is 0.190. The number of carboxylic acids is 1. The Morgan fingerprint density at radius 1 is 0.760 bits per heavy atom. The highest BCUT2D eigenvalue weighted by Crippen LogP contribution is 2.31. The molecule has 0 radical (unpaired) electrons. The second-order valence-electron chi connectivity index (χ2n) is 5.57. The van der Waals surface area contributed by atoms with Crippen LogP contribution in [0, 0.1) is 0 Å². The fourth-order valence-corrected chi connectivity index (χ4v) is 2.72. The van der Waals surface area contributed by atoms with Crippen LogP contribution in [-0.4, -0.2) is 17.0 Å². The van der Waals surface area contributed by atoms with E-state index in [0.29, 0.717) is 5.69 Å². The van der Waals surface area contributed by atoms with Gasteiger partial charge in [-0.25, -0.2) is 4.79 Å². The number of hydrogen-bond donors (Lipinski definition) is 1. The monoisotopic (exact) mass is 331 g/mol. The Bertz CT molecular complexity index is 876. The van der Waals surface area contributed by atoms with Gasteiger partial charge in [-0.1, -0.05) is 78.9 Å². The Hall–Kier alpha value is -3.40. The summed E-state index contributed by atoms with van der Waals surface area (Å²) < 4.78 is 0. The van der Waals surface area contributed by atoms with Crippen molar-refractivity contribution < 1.29 is 14.7 Å². The van der Waals surface area contributed by atoms with Gasteiger partial charge in [0.2, 0.25) is 0 Å². The van der Waals surface area contributed by atoms with Gasteiger partial charge in [0.1, 0.15) is 0 Å². The van der Waals surface area contributed by atoms with Gasteiger partial charge < -0.3 is 5.11 Å². The van der Waals surface area contributed by atoms with Crippen molar-refractivity contribution in [1.82, 2.24) is 0 Å². The van der Waals surface area contributed by atoms with Crippen molar-refractivity contribution in [2.45, 2.75) is 6.54 Å². The van der Waals surface area contributed by atoms with Crippen LogP contribution in [0.1, 0.15) is 5.56 Å². The molecule has 0 saturated heterocycles. The van der Waals surface area contributed by atoms with Crippen LogP contribution >= 0.6 is 0 Å². The number of amides is 1. The molecular formula is C21H17NO3. The van der Waals surface area contributed by atoms with Crippen LogP contribution in [0.3, 0.4) is 0 Å². The van der Waals surface area contributed by atoms with E-state index in [0.717, 1.165) is 16.7 Å². The standard InChI is InChI=1S/C21H17NO3/c23-20(21(24)25)22(15-16-9-3-1-4-10-16)19-14-8-7-13-18(19)17-11-5-2-6-12-17/h1-14H,15H2,(H,24,25). The van der Waals surface area contributed by atoms with Gasteiger partial charge in [-0.3, -0.25) is 9.69 Å². The van der Waals surface area contributed by atoms with Crippen molar-refractivity contribution in [3.8, 4) is 11.1 Å². The predicted octanol–water partition coefficient (Wildman–Crippen LogP) is 3.97. The van der Waals surface area contributed by atoms with Crippen LogP contribution in [-0.2, 0) is 16.1 Å². The third-order valence-electron chi connectivity index (χ3n) is 3.89. The molecular weight excluding hydrogens is 314 g/mol. The van der Waals surface area contributed by atoms with E-state index < -0.39 is 11.9 Å². The highest BCUT2D eigenvalue weighted by molar-refractivity contribution is 6.37. The van der Waals surface area contributed by atoms with Gasteiger partial charge in [0.05, 0.1) is 12.2 Å². The van der Waals surface area contributed by atoms with Crippen LogP contribution in [0.5, 0.6) is 0 Å². The summed E-state index contributed by atoms with van der Waals surface area (Å²) in [7, 11) is 0. The van der Waals surface area contributed by atoms with E-state index in [1.54, 1.807) is 12.1 Å². The second-order valence-corrected chi connectivity index (χ2v) is 5.57. The van der Waals surface area contributed by atoms with Gasteiger partial charge in [-0.15, -0.1) is 0 Å². The summed E-state index contributed by atoms with van der Waals surface area (Å²) in [5.41, 5.74) is 3.17. The summed E-state index contributed by atoms with van der Waals surface area (Å²) in [4.78, 5) is 25.0. The quantitative estimate of drug-likeness (QED) is 0.736. The Balaban J connectivity index is 2.08. The summed E-state index contributed by atoms with van der Waals surface area (Å²) >= 11 is 0. The fraction of sp³-hybridized carbons (Fsp3) is 0.0476. The van der Waals surface area contributed by atoms with Crippen LogP contribution in [0.25, 0.3) is 11.1 Å². The first kappa shape index (κ1) is 16.5. The smallest absolute Gasteiger partial charge is 0.394 e. The maximum atomic E-state index is 12.4. The number of carbonyl (C=O) groups excluding carboxylic acids is 1. The molecule has 1 N–H and O–H groups in total. The van der Waals surface area contributed by atoms with Crippen molar-refractivity contribution in [3.63, 3.8) is 0 Å². The maximum absolute atomic E-state index is 12.4. The minimum Gasteiger partial charge on any atom is -0.474 e. The maximum Gasteiger partial charge on any atom is 0.394 e. The topological polar surface area (TPSA) is 57.6 Å². The molecule has 3 rings (SSSR count). The molecule has 0 saturated carbocycles. The van der Waals surface area contributed by atoms with Crippen molar-refractivity contribution >= 4 is 17.6 Å². The number of carboxylic acid groups (broad SMARTS) is 1. The Morgan fingerprint density at radius 3 is 1.96 bits per heavy atom. The largest absolute Gasteiger partial charge is 0.474 e. The van der Waals surface area contributed by atoms with Crippen LogP contribution in [0.2, 0.25) is 0 Å². The molecule has 0 unspecified atom stereocenters. The van der Waals surface area contributed by atoms with Crippen molar-refractivity contribution in [1.29, 1.82) is 0 Å². The highest BCUT2D eigenvalue weighted by Gasteiger charge is 2.25. The third kappa shape index (κ3) is 3.75. The number of nitrogens with zero attached hydrogens (tertiary/aromatic N) is 1. The van der Waals surface area contributed by atoms with Crippen molar-refractivity contribution in [2.75, 3.05) is 4.90 Å². The number of aliphatic carboxylic acids is 1. The molecule has 0 aliphatic rings. The third-order valence-corrected chi connectivity index (χ3v) is 3.89. The molecule has 1 amide bonds. The Labute approximate surface area is 146 Å². The normalized spacial score (nSPS) is 10.2. The number of para-hydroxylation sites is 1. The molecule has 0 spiro atoms. The van der Waals surface area contributed by atoms with E-state index in [-0.39, 0.29) is 6.54 Å². The lowest BCUT2D eigenvalue weighted by Gasteiger charge is -2.24. The van der Waals surface area contributed by atoms with Gasteiger partial charge in [0.15, 0.2) is 0 Å². The summed E-state index contributed by atoms with van der Waals surface area (Å²) in [5, 5.41) is 9.26. The predicted molar refractivity (Wildman–Crippen MR) is 97.1 cm³/mol. The van der Waals surface area contributed by atoms with E-state index >= 15 is 0 Å². The zero-order chi connectivity index (χ0) is 17.6. The second kappa shape index (κ2) is 7.45.